The molecule has 0 fully saturated rings. The molecule has 0 atom stereocenters. The number of carbonyl (C=O) groups excluding carboxylic acids is 2. The molecule has 0 aromatic heterocycles. The van der Waals surface area contributed by atoms with Crippen molar-refractivity contribution in [3.8, 4) is 5.75 Å². The second-order valence-electron chi connectivity index (χ2n) is 7.26. The van der Waals surface area contributed by atoms with Crippen LogP contribution in [0.15, 0.2) is 48.5 Å². The first-order chi connectivity index (χ1) is 14.9. The number of amides is 2. The van der Waals surface area contributed by atoms with Crippen molar-refractivity contribution in [3.05, 3.63) is 59.7 Å². The number of thiocarbonyl (C=S) groups is 1. The Balaban J connectivity index is 1.96. The van der Waals surface area contributed by atoms with Crippen molar-refractivity contribution < 1.29 is 19.1 Å². The number of methoxy groups -OCH3 is 1. The summed E-state index contributed by atoms with van der Waals surface area (Å²) in [6.45, 7) is 5.61. The first-order valence-electron chi connectivity index (χ1n) is 10.1. The molecule has 0 saturated heterocycles. The Morgan fingerprint density at radius 3 is 2.55 bits per heavy atom. The predicted octanol–water partition coefficient (Wildman–Crippen LogP) is 3.61. The molecule has 166 valence electrons. The third kappa shape index (κ3) is 8.35. The van der Waals surface area contributed by atoms with Gasteiger partial charge in [0, 0.05) is 24.9 Å². The van der Waals surface area contributed by atoms with E-state index in [2.05, 4.69) is 29.8 Å². The fraction of sp³-hybridized carbons (Fsp3) is 0.348. The van der Waals surface area contributed by atoms with Crippen LogP contribution in [-0.2, 0) is 4.74 Å². The van der Waals surface area contributed by atoms with Gasteiger partial charge >= 0.3 is 0 Å². The fourth-order valence-corrected chi connectivity index (χ4v) is 2.83. The SMILES string of the molecule is COCCNC(=O)c1cccc(NC(=S)NC(=O)c2ccccc2OCCC(C)C)c1. The zero-order valence-corrected chi connectivity index (χ0v) is 18.9. The maximum atomic E-state index is 12.7. The Bertz CT molecular complexity index is 902. The molecule has 3 N–H and O–H groups in total. The summed E-state index contributed by atoms with van der Waals surface area (Å²) in [5.41, 5.74) is 1.46. The molecule has 0 spiro atoms. The maximum absolute atomic E-state index is 12.7. The van der Waals surface area contributed by atoms with E-state index >= 15 is 0 Å². The first kappa shape index (κ1) is 24.3. The highest BCUT2D eigenvalue weighted by molar-refractivity contribution is 7.80. The topological polar surface area (TPSA) is 88.7 Å². The van der Waals surface area contributed by atoms with Crippen LogP contribution in [0.25, 0.3) is 0 Å². The Morgan fingerprint density at radius 2 is 1.81 bits per heavy atom. The molecule has 0 radical (unpaired) electrons. The van der Waals surface area contributed by atoms with E-state index in [1.165, 1.54) is 0 Å². The van der Waals surface area contributed by atoms with Gasteiger partial charge < -0.3 is 20.1 Å². The average Bonchev–Trinajstić information content (AvgIpc) is 2.74. The van der Waals surface area contributed by atoms with Crippen molar-refractivity contribution in [3.63, 3.8) is 0 Å². The Kier molecular flexibility index (Phi) is 9.93. The zero-order chi connectivity index (χ0) is 22.6. The second-order valence-corrected chi connectivity index (χ2v) is 7.67. The van der Waals surface area contributed by atoms with Crippen molar-refractivity contribution in [1.82, 2.24) is 10.6 Å². The molecule has 2 rings (SSSR count). The minimum absolute atomic E-state index is 0.124. The van der Waals surface area contributed by atoms with Gasteiger partial charge in [-0.1, -0.05) is 32.0 Å². The quantitative estimate of drug-likeness (QED) is 0.384. The van der Waals surface area contributed by atoms with Gasteiger partial charge in [0.25, 0.3) is 11.8 Å². The normalized spacial score (nSPS) is 10.5. The first-order valence-corrected chi connectivity index (χ1v) is 10.5. The minimum Gasteiger partial charge on any atom is -0.493 e. The molecule has 2 aromatic rings. The van der Waals surface area contributed by atoms with Gasteiger partial charge in [-0.25, -0.2) is 0 Å². The molecular weight excluding hydrogens is 414 g/mol. The maximum Gasteiger partial charge on any atom is 0.261 e. The lowest BCUT2D eigenvalue weighted by atomic mass is 10.1. The Labute approximate surface area is 188 Å². The summed E-state index contributed by atoms with van der Waals surface area (Å²) in [5, 5.41) is 8.48. The van der Waals surface area contributed by atoms with E-state index in [0.717, 1.165) is 6.42 Å². The summed E-state index contributed by atoms with van der Waals surface area (Å²) < 4.78 is 10.7. The van der Waals surface area contributed by atoms with Crippen LogP contribution in [0.5, 0.6) is 5.75 Å². The van der Waals surface area contributed by atoms with E-state index in [9.17, 15) is 9.59 Å². The van der Waals surface area contributed by atoms with E-state index in [0.29, 0.717) is 48.2 Å². The molecule has 0 saturated carbocycles. The van der Waals surface area contributed by atoms with Crippen LogP contribution < -0.4 is 20.7 Å². The lowest BCUT2D eigenvalue weighted by Crippen LogP contribution is -2.34. The van der Waals surface area contributed by atoms with Gasteiger partial charge in [-0.15, -0.1) is 0 Å². The smallest absolute Gasteiger partial charge is 0.261 e. The number of anilines is 1. The molecule has 0 unspecified atom stereocenters. The van der Waals surface area contributed by atoms with Crippen LogP contribution in [0.3, 0.4) is 0 Å². The largest absolute Gasteiger partial charge is 0.493 e. The Morgan fingerprint density at radius 1 is 1.03 bits per heavy atom. The number of carbonyl (C=O) groups is 2. The van der Waals surface area contributed by atoms with E-state index in [4.69, 9.17) is 21.7 Å². The van der Waals surface area contributed by atoms with Crippen LogP contribution in [0, 0.1) is 5.92 Å². The number of ether oxygens (including phenoxy) is 2. The number of para-hydroxylation sites is 1. The van der Waals surface area contributed by atoms with Crippen LogP contribution in [0.2, 0.25) is 0 Å². The van der Waals surface area contributed by atoms with Gasteiger partial charge in [0.15, 0.2) is 5.11 Å². The minimum atomic E-state index is -0.369. The van der Waals surface area contributed by atoms with Crippen LogP contribution in [-0.4, -0.2) is 43.8 Å². The molecule has 2 aromatic carbocycles. The van der Waals surface area contributed by atoms with Gasteiger partial charge in [-0.05, 0) is 54.9 Å². The third-order valence-electron chi connectivity index (χ3n) is 4.29. The lowest BCUT2D eigenvalue weighted by Gasteiger charge is -2.14. The molecule has 8 heteroatoms. The van der Waals surface area contributed by atoms with E-state index in [1.54, 1.807) is 49.6 Å². The van der Waals surface area contributed by atoms with E-state index in [1.807, 2.05) is 6.07 Å². The summed E-state index contributed by atoms with van der Waals surface area (Å²) in [7, 11) is 1.57. The summed E-state index contributed by atoms with van der Waals surface area (Å²) in [6.07, 6.45) is 0.894. The zero-order valence-electron chi connectivity index (χ0n) is 18.1. The number of rotatable bonds is 10. The van der Waals surface area contributed by atoms with Crippen molar-refractivity contribution in [2.45, 2.75) is 20.3 Å². The van der Waals surface area contributed by atoms with E-state index < -0.39 is 0 Å². The number of nitrogens with one attached hydrogen (secondary N) is 3. The van der Waals surface area contributed by atoms with Crippen molar-refractivity contribution in [1.29, 1.82) is 0 Å². The van der Waals surface area contributed by atoms with Gasteiger partial charge in [0.1, 0.15) is 5.75 Å². The average molecular weight is 444 g/mol. The monoisotopic (exact) mass is 443 g/mol. The highest BCUT2D eigenvalue weighted by Gasteiger charge is 2.14. The van der Waals surface area contributed by atoms with Crippen LogP contribution in [0.4, 0.5) is 5.69 Å². The third-order valence-corrected chi connectivity index (χ3v) is 4.49. The number of hydrogen-bond acceptors (Lipinski definition) is 5. The van der Waals surface area contributed by atoms with Gasteiger partial charge in [0.2, 0.25) is 0 Å². The van der Waals surface area contributed by atoms with Crippen molar-refractivity contribution in [2.24, 2.45) is 5.92 Å². The molecule has 2 amide bonds. The van der Waals surface area contributed by atoms with Gasteiger partial charge in [0.05, 0.1) is 18.8 Å². The fourth-order valence-electron chi connectivity index (χ4n) is 2.62. The molecule has 7 nitrogen and oxygen atoms in total. The summed E-state index contributed by atoms with van der Waals surface area (Å²) in [5.74, 6) is 0.433. The molecular formula is C23H29N3O4S. The highest BCUT2D eigenvalue weighted by atomic mass is 32.1. The molecule has 0 aliphatic carbocycles. The van der Waals surface area contributed by atoms with Crippen molar-refractivity contribution in [2.75, 3.05) is 32.2 Å². The summed E-state index contributed by atoms with van der Waals surface area (Å²) >= 11 is 5.27. The summed E-state index contributed by atoms with van der Waals surface area (Å²) in [4.78, 5) is 24.9. The Hall–Kier alpha value is -2.97. The van der Waals surface area contributed by atoms with Gasteiger partial charge in [-0.3, -0.25) is 14.9 Å². The van der Waals surface area contributed by atoms with E-state index in [-0.39, 0.29) is 16.9 Å². The molecule has 0 heterocycles. The standard InChI is InChI=1S/C23H29N3O4S/c1-16(2)11-13-30-20-10-5-4-9-19(20)22(28)26-23(31)25-18-8-6-7-17(15-18)21(27)24-12-14-29-3/h4-10,15-16H,11-14H2,1-3H3,(H,24,27)(H2,25,26,28,31). The predicted molar refractivity (Wildman–Crippen MR) is 126 cm³/mol. The van der Waals surface area contributed by atoms with Crippen LogP contribution in [0.1, 0.15) is 41.0 Å². The second kappa shape index (κ2) is 12.7. The number of hydrogen-bond donors (Lipinski definition) is 3. The van der Waals surface area contributed by atoms with Crippen LogP contribution >= 0.6 is 12.2 Å². The number of benzene rings is 2. The molecule has 0 aliphatic heterocycles. The molecule has 0 bridgehead atoms. The summed E-state index contributed by atoms with van der Waals surface area (Å²) in [6, 6.07) is 13.9. The van der Waals surface area contributed by atoms with Gasteiger partial charge in [-0.2, -0.15) is 0 Å². The highest BCUT2D eigenvalue weighted by Crippen LogP contribution is 2.19. The molecule has 0 aliphatic rings. The van der Waals surface area contributed by atoms with Crippen molar-refractivity contribution >= 4 is 34.8 Å². The lowest BCUT2D eigenvalue weighted by molar-refractivity contribution is 0.0935. The molecule has 31 heavy (non-hydrogen) atoms.